The molecule has 2 fully saturated rings. The van der Waals surface area contributed by atoms with E-state index in [9.17, 15) is 9.59 Å². The maximum absolute atomic E-state index is 12.4. The van der Waals surface area contributed by atoms with Crippen LogP contribution < -0.4 is 4.90 Å². The van der Waals surface area contributed by atoms with Gasteiger partial charge >= 0.3 is 6.03 Å². The van der Waals surface area contributed by atoms with E-state index < -0.39 is 0 Å². The molecule has 3 amide bonds. The monoisotopic (exact) mass is 296 g/mol. The van der Waals surface area contributed by atoms with Gasteiger partial charge in [0.05, 0.1) is 11.7 Å². The Kier molecular flexibility index (Phi) is 3.41. The smallest absolute Gasteiger partial charge is 0.319 e. The van der Waals surface area contributed by atoms with Crippen molar-refractivity contribution in [3.8, 4) is 0 Å². The Morgan fingerprint density at radius 2 is 1.95 bits per heavy atom. The standard InChI is InChI=1S/C13H13ClN2O2S/c14-9-1-3-10(4-2-9)16-12(17)7-11-8-19-6-5-15(11)13(16)18/h1-4,11H,5-8H2. The van der Waals surface area contributed by atoms with Gasteiger partial charge in [0.15, 0.2) is 0 Å². The third-order valence-corrected chi connectivity index (χ3v) is 4.75. The first-order chi connectivity index (χ1) is 9.16. The molecule has 1 aromatic carbocycles. The number of thioether (sulfide) groups is 1. The summed E-state index contributed by atoms with van der Waals surface area (Å²) in [4.78, 5) is 27.7. The zero-order valence-corrected chi connectivity index (χ0v) is 11.8. The Balaban J connectivity index is 1.90. The van der Waals surface area contributed by atoms with E-state index in [-0.39, 0.29) is 18.0 Å². The van der Waals surface area contributed by atoms with Crippen molar-refractivity contribution in [3.63, 3.8) is 0 Å². The number of urea groups is 1. The molecule has 100 valence electrons. The molecule has 0 N–H and O–H groups in total. The quantitative estimate of drug-likeness (QED) is 0.800. The lowest BCUT2D eigenvalue weighted by molar-refractivity contribution is -0.120. The molecule has 2 heterocycles. The van der Waals surface area contributed by atoms with Crippen LogP contribution in [-0.2, 0) is 4.79 Å². The van der Waals surface area contributed by atoms with Gasteiger partial charge in [-0.15, -0.1) is 0 Å². The largest absolute Gasteiger partial charge is 0.331 e. The molecule has 0 spiro atoms. The minimum absolute atomic E-state index is 0.0577. The van der Waals surface area contributed by atoms with Crippen LogP contribution in [0.25, 0.3) is 0 Å². The number of nitrogens with zero attached hydrogens (tertiary/aromatic N) is 2. The van der Waals surface area contributed by atoms with Gasteiger partial charge in [-0.05, 0) is 24.3 Å². The molecule has 0 aliphatic carbocycles. The Hall–Kier alpha value is -1.20. The van der Waals surface area contributed by atoms with Gasteiger partial charge in [-0.2, -0.15) is 11.8 Å². The summed E-state index contributed by atoms with van der Waals surface area (Å²) in [6.45, 7) is 0.714. The number of fused-ring (bicyclic) bond motifs is 1. The van der Waals surface area contributed by atoms with Crippen molar-refractivity contribution >= 4 is 41.0 Å². The molecule has 6 heteroatoms. The van der Waals surface area contributed by atoms with Crippen molar-refractivity contribution in [2.45, 2.75) is 12.5 Å². The maximum Gasteiger partial charge on any atom is 0.331 e. The predicted molar refractivity (Wildman–Crippen MR) is 76.8 cm³/mol. The zero-order valence-electron chi connectivity index (χ0n) is 10.2. The number of carbonyl (C=O) groups excluding carboxylic acids is 2. The molecule has 3 rings (SSSR count). The highest BCUT2D eigenvalue weighted by Gasteiger charge is 2.40. The second-order valence-corrected chi connectivity index (χ2v) is 6.20. The number of benzene rings is 1. The Bertz CT molecular complexity index is 520. The summed E-state index contributed by atoms with van der Waals surface area (Å²) in [5.41, 5.74) is 0.594. The third kappa shape index (κ3) is 2.32. The normalized spacial score (nSPS) is 23.5. The summed E-state index contributed by atoms with van der Waals surface area (Å²) >= 11 is 7.63. The van der Waals surface area contributed by atoms with E-state index in [1.54, 1.807) is 36.0 Å². The molecule has 2 aliphatic rings. The van der Waals surface area contributed by atoms with Crippen LogP contribution in [0.5, 0.6) is 0 Å². The lowest BCUT2D eigenvalue weighted by Crippen LogP contribution is -2.59. The summed E-state index contributed by atoms with van der Waals surface area (Å²) in [7, 11) is 0. The van der Waals surface area contributed by atoms with E-state index in [1.807, 2.05) is 4.90 Å². The fourth-order valence-electron chi connectivity index (χ4n) is 2.45. The first-order valence-corrected chi connectivity index (χ1v) is 7.67. The van der Waals surface area contributed by atoms with Gasteiger partial charge in [-0.3, -0.25) is 4.79 Å². The van der Waals surface area contributed by atoms with Gasteiger partial charge in [0.1, 0.15) is 0 Å². The van der Waals surface area contributed by atoms with Crippen LogP contribution in [-0.4, -0.2) is 40.9 Å². The van der Waals surface area contributed by atoms with E-state index in [0.29, 0.717) is 23.7 Å². The molecule has 19 heavy (non-hydrogen) atoms. The van der Waals surface area contributed by atoms with Crippen molar-refractivity contribution in [1.82, 2.24) is 4.90 Å². The molecule has 0 bridgehead atoms. The third-order valence-electron chi connectivity index (χ3n) is 3.41. The first kappa shape index (κ1) is 12.8. The molecule has 4 nitrogen and oxygen atoms in total. The summed E-state index contributed by atoms with van der Waals surface area (Å²) < 4.78 is 0. The van der Waals surface area contributed by atoms with Gasteiger partial charge in [0.25, 0.3) is 0 Å². The Morgan fingerprint density at radius 1 is 1.21 bits per heavy atom. The molecule has 0 aromatic heterocycles. The molecule has 1 atom stereocenters. The van der Waals surface area contributed by atoms with Crippen LogP contribution >= 0.6 is 23.4 Å². The first-order valence-electron chi connectivity index (χ1n) is 6.13. The van der Waals surface area contributed by atoms with Crippen molar-refractivity contribution in [3.05, 3.63) is 29.3 Å². The molecule has 0 saturated carbocycles. The second kappa shape index (κ2) is 5.06. The molecule has 0 radical (unpaired) electrons. The minimum Gasteiger partial charge on any atom is -0.319 e. The van der Waals surface area contributed by atoms with Gasteiger partial charge in [0, 0.05) is 29.5 Å². The molecular formula is C13H13ClN2O2S. The maximum atomic E-state index is 12.4. The van der Waals surface area contributed by atoms with Crippen LogP contribution in [0.15, 0.2) is 24.3 Å². The highest BCUT2D eigenvalue weighted by atomic mass is 35.5. The van der Waals surface area contributed by atoms with Gasteiger partial charge in [0.2, 0.25) is 5.91 Å². The van der Waals surface area contributed by atoms with Crippen LogP contribution in [0.2, 0.25) is 5.02 Å². The molecule has 2 saturated heterocycles. The number of imide groups is 1. The fourth-order valence-corrected chi connectivity index (χ4v) is 3.64. The number of rotatable bonds is 1. The summed E-state index contributed by atoms with van der Waals surface area (Å²) in [5.74, 6) is 1.66. The van der Waals surface area contributed by atoms with Crippen molar-refractivity contribution in [2.24, 2.45) is 0 Å². The zero-order chi connectivity index (χ0) is 13.4. The highest BCUT2D eigenvalue weighted by molar-refractivity contribution is 7.99. The Morgan fingerprint density at radius 3 is 2.68 bits per heavy atom. The average Bonchev–Trinajstić information content (AvgIpc) is 2.41. The number of anilines is 1. The van der Waals surface area contributed by atoms with E-state index >= 15 is 0 Å². The number of hydrogen-bond acceptors (Lipinski definition) is 3. The molecular weight excluding hydrogens is 284 g/mol. The van der Waals surface area contributed by atoms with Crippen LogP contribution in [0, 0.1) is 0 Å². The van der Waals surface area contributed by atoms with Crippen molar-refractivity contribution in [2.75, 3.05) is 23.0 Å². The highest BCUT2D eigenvalue weighted by Crippen LogP contribution is 2.29. The predicted octanol–water partition coefficient (Wildman–Crippen LogP) is 2.61. The SMILES string of the molecule is O=C1CC2CSCCN2C(=O)N1c1ccc(Cl)cc1. The van der Waals surface area contributed by atoms with Crippen molar-refractivity contribution < 1.29 is 9.59 Å². The van der Waals surface area contributed by atoms with E-state index in [1.165, 1.54) is 4.90 Å². The molecule has 2 aliphatic heterocycles. The van der Waals surface area contributed by atoms with Crippen LogP contribution in [0.1, 0.15) is 6.42 Å². The second-order valence-electron chi connectivity index (χ2n) is 4.61. The van der Waals surface area contributed by atoms with E-state index in [2.05, 4.69) is 0 Å². The van der Waals surface area contributed by atoms with E-state index in [0.717, 1.165) is 11.5 Å². The van der Waals surface area contributed by atoms with Crippen molar-refractivity contribution in [1.29, 1.82) is 0 Å². The lowest BCUT2D eigenvalue weighted by atomic mass is 10.1. The summed E-state index contributed by atoms with van der Waals surface area (Å²) in [6, 6.07) is 6.64. The van der Waals surface area contributed by atoms with Gasteiger partial charge in [-0.25, -0.2) is 9.69 Å². The van der Waals surface area contributed by atoms with Gasteiger partial charge in [-0.1, -0.05) is 11.6 Å². The minimum atomic E-state index is -0.205. The summed E-state index contributed by atoms with van der Waals surface area (Å²) in [5, 5.41) is 0.591. The number of carbonyl (C=O) groups is 2. The molecule has 1 aromatic rings. The van der Waals surface area contributed by atoms with Crippen LogP contribution in [0.4, 0.5) is 10.5 Å². The molecule has 1 unspecified atom stereocenters. The van der Waals surface area contributed by atoms with Gasteiger partial charge < -0.3 is 4.90 Å². The average molecular weight is 297 g/mol. The number of amides is 3. The van der Waals surface area contributed by atoms with E-state index in [4.69, 9.17) is 11.6 Å². The Labute approximate surface area is 120 Å². The summed E-state index contributed by atoms with van der Waals surface area (Å²) in [6.07, 6.45) is 0.404. The van der Waals surface area contributed by atoms with Crippen LogP contribution in [0.3, 0.4) is 0 Å². The topological polar surface area (TPSA) is 40.6 Å². The fraction of sp³-hybridized carbons (Fsp3) is 0.385. The lowest BCUT2D eigenvalue weighted by Gasteiger charge is -2.42. The number of halogens is 1. The number of hydrogen-bond donors (Lipinski definition) is 0.